The fourth-order valence-corrected chi connectivity index (χ4v) is 2.98. The second kappa shape index (κ2) is 4.85. The zero-order valence-corrected chi connectivity index (χ0v) is 11.8. The Kier molecular flexibility index (Phi) is 3.32. The van der Waals surface area contributed by atoms with Gasteiger partial charge in [0.25, 0.3) is 0 Å². The number of nitrogens with two attached hydrogens (primary N) is 1. The molecule has 0 aromatic carbocycles. The summed E-state index contributed by atoms with van der Waals surface area (Å²) in [6.45, 7) is 3.68. The minimum Gasteiger partial charge on any atom is -0.339 e. The molecule has 0 radical (unpaired) electrons. The third kappa shape index (κ3) is 2.17. The van der Waals surface area contributed by atoms with E-state index in [4.69, 9.17) is 10.3 Å². The first-order chi connectivity index (χ1) is 9.14. The second-order valence-corrected chi connectivity index (χ2v) is 6.05. The Morgan fingerprint density at radius 3 is 2.79 bits per heavy atom. The van der Waals surface area contributed by atoms with Crippen LogP contribution in [0, 0.1) is 0 Å². The molecule has 3 rings (SSSR count). The molecule has 2 heterocycles. The Morgan fingerprint density at radius 2 is 2.16 bits per heavy atom. The molecule has 1 saturated heterocycles. The summed E-state index contributed by atoms with van der Waals surface area (Å²) in [4.78, 5) is 9.26. The minimum absolute atomic E-state index is 0.0373. The summed E-state index contributed by atoms with van der Waals surface area (Å²) in [7, 11) is 4.25. The molecule has 1 aliphatic carbocycles. The largest absolute Gasteiger partial charge is 0.339 e. The summed E-state index contributed by atoms with van der Waals surface area (Å²) < 4.78 is 5.51. The van der Waals surface area contributed by atoms with E-state index in [0.29, 0.717) is 6.54 Å². The SMILES string of the molecule is CN1CCN(C)C(c2noc(C3(CN)CCC3)n2)C1. The van der Waals surface area contributed by atoms with Crippen molar-refractivity contribution in [1.29, 1.82) is 0 Å². The Balaban J connectivity index is 1.80. The highest BCUT2D eigenvalue weighted by Crippen LogP contribution is 2.42. The highest BCUT2D eigenvalue weighted by molar-refractivity contribution is 5.12. The molecule has 0 spiro atoms. The van der Waals surface area contributed by atoms with Gasteiger partial charge in [-0.05, 0) is 26.9 Å². The van der Waals surface area contributed by atoms with Gasteiger partial charge in [-0.1, -0.05) is 11.6 Å². The van der Waals surface area contributed by atoms with Crippen molar-refractivity contribution in [3.05, 3.63) is 11.7 Å². The van der Waals surface area contributed by atoms with E-state index in [1.807, 2.05) is 0 Å². The van der Waals surface area contributed by atoms with Gasteiger partial charge in [-0.3, -0.25) is 4.90 Å². The van der Waals surface area contributed by atoms with Gasteiger partial charge in [0.15, 0.2) is 5.82 Å². The van der Waals surface area contributed by atoms with Crippen LogP contribution in [0.1, 0.15) is 37.0 Å². The van der Waals surface area contributed by atoms with Gasteiger partial charge in [0.05, 0.1) is 11.5 Å². The maximum absolute atomic E-state index is 5.89. The first kappa shape index (κ1) is 13.0. The predicted octanol–water partition coefficient (Wildman–Crippen LogP) is 0.368. The predicted molar refractivity (Wildman–Crippen MR) is 71.7 cm³/mol. The lowest BCUT2D eigenvalue weighted by Gasteiger charge is -2.37. The average molecular weight is 265 g/mol. The number of aromatic nitrogens is 2. The van der Waals surface area contributed by atoms with Gasteiger partial charge < -0.3 is 15.2 Å². The molecule has 1 saturated carbocycles. The summed E-state index contributed by atoms with van der Waals surface area (Å²) >= 11 is 0. The second-order valence-electron chi connectivity index (χ2n) is 6.05. The molecule has 1 unspecified atom stereocenters. The van der Waals surface area contributed by atoms with Crippen molar-refractivity contribution in [2.45, 2.75) is 30.7 Å². The molecule has 2 fully saturated rings. The Labute approximate surface area is 113 Å². The number of nitrogens with zero attached hydrogens (tertiary/aromatic N) is 4. The van der Waals surface area contributed by atoms with E-state index in [2.05, 4.69) is 34.0 Å². The smallest absolute Gasteiger partial charge is 0.234 e. The van der Waals surface area contributed by atoms with Crippen LogP contribution in [0.15, 0.2) is 4.52 Å². The first-order valence-corrected chi connectivity index (χ1v) is 7.07. The molecule has 6 nitrogen and oxygen atoms in total. The van der Waals surface area contributed by atoms with Gasteiger partial charge in [0, 0.05) is 26.2 Å². The number of hydrogen-bond acceptors (Lipinski definition) is 6. The van der Waals surface area contributed by atoms with Crippen LogP contribution in [0.5, 0.6) is 0 Å². The maximum Gasteiger partial charge on any atom is 0.234 e. The molecule has 0 bridgehead atoms. The fourth-order valence-electron chi connectivity index (χ4n) is 2.98. The van der Waals surface area contributed by atoms with Crippen LogP contribution in [-0.2, 0) is 5.41 Å². The summed E-state index contributed by atoms with van der Waals surface area (Å²) in [5.74, 6) is 1.56. The monoisotopic (exact) mass is 265 g/mol. The first-order valence-electron chi connectivity index (χ1n) is 7.07. The van der Waals surface area contributed by atoms with E-state index < -0.39 is 0 Å². The molecule has 1 aromatic heterocycles. The molecule has 19 heavy (non-hydrogen) atoms. The lowest BCUT2D eigenvalue weighted by Crippen LogP contribution is -2.45. The normalized spacial score (nSPS) is 28.3. The van der Waals surface area contributed by atoms with Crippen molar-refractivity contribution in [3.8, 4) is 0 Å². The van der Waals surface area contributed by atoms with Crippen LogP contribution in [0.3, 0.4) is 0 Å². The van der Waals surface area contributed by atoms with E-state index in [0.717, 1.165) is 44.2 Å². The summed E-state index contributed by atoms with van der Waals surface area (Å²) in [6, 6.07) is 0.228. The number of piperazine rings is 1. The third-order valence-electron chi connectivity index (χ3n) is 4.75. The topological polar surface area (TPSA) is 71.4 Å². The highest BCUT2D eigenvalue weighted by atomic mass is 16.5. The number of rotatable bonds is 3. The fraction of sp³-hybridized carbons (Fsp3) is 0.846. The van der Waals surface area contributed by atoms with Gasteiger partial charge >= 0.3 is 0 Å². The third-order valence-corrected chi connectivity index (χ3v) is 4.75. The van der Waals surface area contributed by atoms with E-state index >= 15 is 0 Å². The standard InChI is InChI=1S/C13H23N5O/c1-17-6-7-18(2)10(8-17)11-15-12(19-16-11)13(9-14)4-3-5-13/h10H,3-9,14H2,1-2H3. The van der Waals surface area contributed by atoms with Gasteiger partial charge in [-0.25, -0.2) is 0 Å². The van der Waals surface area contributed by atoms with Crippen molar-refractivity contribution >= 4 is 0 Å². The van der Waals surface area contributed by atoms with Crippen LogP contribution in [0.4, 0.5) is 0 Å². The lowest BCUT2D eigenvalue weighted by atomic mass is 9.69. The molecular weight excluding hydrogens is 242 g/mol. The molecule has 1 atom stereocenters. The molecular formula is C13H23N5O. The van der Waals surface area contributed by atoms with Gasteiger partial charge in [0.1, 0.15) is 0 Å². The quantitative estimate of drug-likeness (QED) is 0.851. The molecule has 2 N–H and O–H groups in total. The number of likely N-dealkylation sites (N-methyl/N-ethyl adjacent to an activating group) is 2. The van der Waals surface area contributed by atoms with Crippen LogP contribution < -0.4 is 5.73 Å². The van der Waals surface area contributed by atoms with Gasteiger partial charge in [-0.15, -0.1) is 0 Å². The Morgan fingerprint density at radius 1 is 1.37 bits per heavy atom. The molecule has 106 valence electrons. The molecule has 1 aliphatic heterocycles. The molecule has 6 heteroatoms. The number of hydrogen-bond donors (Lipinski definition) is 1. The van der Waals surface area contributed by atoms with Gasteiger partial charge in [0.2, 0.25) is 5.89 Å². The average Bonchev–Trinajstić information content (AvgIpc) is 2.81. The maximum atomic E-state index is 5.89. The van der Waals surface area contributed by atoms with Gasteiger partial charge in [-0.2, -0.15) is 4.98 Å². The Hall–Kier alpha value is -0.980. The minimum atomic E-state index is -0.0373. The van der Waals surface area contributed by atoms with Crippen LogP contribution in [0.25, 0.3) is 0 Å². The van der Waals surface area contributed by atoms with E-state index in [1.54, 1.807) is 0 Å². The van der Waals surface area contributed by atoms with Crippen molar-refractivity contribution < 1.29 is 4.52 Å². The summed E-state index contributed by atoms with van der Waals surface area (Å²) in [6.07, 6.45) is 3.36. The van der Waals surface area contributed by atoms with Crippen molar-refractivity contribution in [3.63, 3.8) is 0 Å². The van der Waals surface area contributed by atoms with Crippen LogP contribution in [0.2, 0.25) is 0 Å². The zero-order chi connectivity index (χ0) is 13.5. The van der Waals surface area contributed by atoms with Crippen LogP contribution in [-0.4, -0.2) is 60.2 Å². The van der Waals surface area contributed by atoms with E-state index in [9.17, 15) is 0 Å². The van der Waals surface area contributed by atoms with E-state index in [-0.39, 0.29) is 11.5 Å². The van der Waals surface area contributed by atoms with Crippen molar-refractivity contribution in [1.82, 2.24) is 19.9 Å². The summed E-state index contributed by atoms with van der Waals surface area (Å²) in [5.41, 5.74) is 5.85. The summed E-state index contributed by atoms with van der Waals surface area (Å²) in [5, 5.41) is 4.21. The van der Waals surface area contributed by atoms with Crippen LogP contribution >= 0.6 is 0 Å². The van der Waals surface area contributed by atoms with E-state index in [1.165, 1.54) is 6.42 Å². The van der Waals surface area contributed by atoms with Crippen molar-refractivity contribution in [2.75, 3.05) is 40.3 Å². The Bertz CT molecular complexity index is 436. The molecule has 0 amide bonds. The molecule has 2 aliphatic rings. The molecule has 1 aromatic rings. The highest BCUT2D eigenvalue weighted by Gasteiger charge is 2.43. The van der Waals surface area contributed by atoms with Crippen molar-refractivity contribution in [2.24, 2.45) is 5.73 Å². The lowest BCUT2D eigenvalue weighted by molar-refractivity contribution is 0.108. The zero-order valence-electron chi connectivity index (χ0n) is 11.8.